The lowest BCUT2D eigenvalue weighted by Gasteiger charge is -2.01. The predicted molar refractivity (Wildman–Crippen MR) is 75.3 cm³/mol. The molecule has 0 bridgehead atoms. The molecule has 1 amide bonds. The van der Waals surface area contributed by atoms with E-state index < -0.39 is 5.97 Å². The van der Waals surface area contributed by atoms with Crippen molar-refractivity contribution in [3.63, 3.8) is 0 Å². The van der Waals surface area contributed by atoms with Gasteiger partial charge in [-0.15, -0.1) is 11.6 Å². The van der Waals surface area contributed by atoms with Gasteiger partial charge in [0.2, 0.25) is 11.8 Å². The Labute approximate surface area is 124 Å². The Morgan fingerprint density at radius 3 is 2.81 bits per heavy atom. The minimum atomic E-state index is -1.26. The highest BCUT2D eigenvalue weighted by atomic mass is 35.5. The van der Waals surface area contributed by atoms with Crippen molar-refractivity contribution in [1.82, 2.24) is 10.1 Å². The number of nitrogens with one attached hydrogen (secondary N) is 1. The summed E-state index contributed by atoms with van der Waals surface area (Å²) < 4.78 is 4.93. The van der Waals surface area contributed by atoms with E-state index >= 15 is 0 Å². The molecular weight excluding hydrogens is 298 g/mol. The summed E-state index contributed by atoms with van der Waals surface area (Å²) in [6.07, 6.45) is 2.16. The molecule has 2 aromatic rings. The highest BCUT2D eigenvalue weighted by Crippen LogP contribution is 2.27. The van der Waals surface area contributed by atoms with Gasteiger partial charge in [-0.05, 0) is 18.6 Å². The number of halogens is 1. The van der Waals surface area contributed by atoms with Crippen LogP contribution in [0.5, 0.6) is 0 Å². The van der Waals surface area contributed by atoms with Crippen molar-refractivity contribution in [2.24, 2.45) is 0 Å². The van der Waals surface area contributed by atoms with Crippen LogP contribution in [0.25, 0.3) is 11.4 Å². The van der Waals surface area contributed by atoms with Gasteiger partial charge in [-0.1, -0.05) is 11.2 Å². The van der Waals surface area contributed by atoms with Crippen LogP contribution in [0.1, 0.15) is 23.2 Å². The van der Waals surface area contributed by atoms with Crippen LogP contribution >= 0.6 is 11.6 Å². The molecule has 0 atom stereocenters. The van der Waals surface area contributed by atoms with Crippen LogP contribution in [0.2, 0.25) is 0 Å². The number of carboxylic acids is 1. The SMILES string of the molecule is O=C(CCCCl)Nc1onc(-c2ccccn2)c1C(=O)O. The van der Waals surface area contributed by atoms with Crippen LogP contribution < -0.4 is 5.32 Å². The smallest absolute Gasteiger partial charge is 0.343 e. The van der Waals surface area contributed by atoms with E-state index in [1.54, 1.807) is 18.2 Å². The number of pyridine rings is 1. The van der Waals surface area contributed by atoms with Crippen LogP contribution in [0.15, 0.2) is 28.9 Å². The molecule has 0 fully saturated rings. The number of hydrogen-bond donors (Lipinski definition) is 2. The number of carbonyl (C=O) groups is 2. The van der Waals surface area contributed by atoms with Gasteiger partial charge in [-0.3, -0.25) is 15.1 Å². The number of hydrogen-bond acceptors (Lipinski definition) is 5. The molecule has 2 rings (SSSR count). The van der Waals surface area contributed by atoms with Crippen molar-refractivity contribution in [3.05, 3.63) is 30.0 Å². The van der Waals surface area contributed by atoms with Crippen LogP contribution in [-0.2, 0) is 4.79 Å². The fraction of sp³-hybridized carbons (Fsp3) is 0.231. The Morgan fingerprint density at radius 1 is 1.38 bits per heavy atom. The van der Waals surface area contributed by atoms with Gasteiger partial charge in [-0.2, -0.15) is 0 Å². The van der Waals surface area contributed by atoms with E-state index in [9.17, 15) is 14.7 Å². The number of alkyl halides is 1. The summed E-state index contributed by atoms with van der Waals surface area (Å²) in [4.78, 5) is 27.0. The number of amides is 1. The number of aromatic carboxylic acids is 1. The zero-order valence-corrected chi connectivity index (χ0v) is 11.6. The average Bonchev–Trinajstić information content (AvgIpc) is 2.89. The summed E-state index contributed by atoms with van der Waals surface area (Å²) in [5.41, 5.74) is 0.184. The molecular formula is C13H12ClN3O4. The lowest BCUT2D eigenvalue weighted by atomic mass is 10.1. The Morgan fingerprint density at radius 2 is 2.19 bits per heavy atom. The molecule has 0 aliphatic rings. The molecule has 0 unspecified atom stereocenters. The van der Waals surface area contributed by atoms with E-state index in [0.29, 0.717) is 18.0 Å². The normalized spacial score (nSPS) is 10.3. The van der Waals surface area contributed by atoms with Gasteiger partial charge in [-0.25, -0.2) is 4.79 Å². The Hall–Kier alpha value is -2.41. The standard InChI is InChI=1S/C13H12ClN3O4/c14-6-3-5-9(18)16-12-10(13(19)20)11(17-21-12)8-4-1-2-7-15-8/h1-2,4,7H,3,5-6H2,(H,16,18)(H,19,20). The first kappa shape index (κ1) is 15.0. The maximum Gasteiger partial charge on any atom is 0.343 e. The van der Waals surface area contributed by atoms with Crippen molar-refractivity contribution in [1.29, 1.82) is 0 Å². The summed E-state index contributed by atoms with van der Waals surface area (Å²) in [5, 5.41) is 15.3. The van der Waals surface area contributed by atoms with Crippen LogP contribution in [0.3, 0.4) is 0 Å². The number of nitrogens with zero attached hydrogens (tertiary/aromatic N) is 2. The minimum absolute atomic E-state index is 0.0655. The van der Waals surface area contributed by atoms with Gasteiger partial charge in [0.05, 0.1) is 5.69 Å². The fourth-order valence-corrected chi connectivity index (χ4v) is 1.80. The molecule has 0 radical (unpaired) electrons. The lowest BCUT2D eigenvalue weighted by Crippen LogP contribution is -2.13. The summed E-state index contributed by atoms with van der Waals surface area (Å²) in [6.45, 7) is 0. The molecule has 110 valence electrons. The minimum Gasteiger partial charge on any atom is -0.477 e. The molecule has 7 nitrogen and oxygen atoms in total. The first-order valence-electron chi connectivity index (χ1n) is 6.13. The van der Waals surface area contributed by atoms with Crippen molar-refractivity contribution >= 4 is 29.4 Å². The second kappa shape index (κ2) is 6.85. The molecule has 2 aromatic heterocycles. The topological polar surface area (TPSA) is 105 Å². The van der Waals surface area contributed by atoms with Crippen molar-refractivity contribution in [2.75, 3.05) is 11.2 Å². The van der Waals surface area contributed by atoms with Crippen LogP contribution in [-0.4, -0.2) is 33.0 Å². The van der Waals surface area contributed by atoms with Gasteiger partial charge in [0.25, 0.3) is 0 Å². The Kier molecular flexibility index (Phi) is 4.89. The molecule has 0 aliphatic heterocycles. The molecule has 2 heterocycles. The van der Waals surface area contributed by atoms with Gasteiger partial charge < -0.3 is 9.63 Å². The zero-order chi connectivity index (χ0) is 15.2. The van der Waals surface area contributed by atoms with E-state index in [2.05, 4.69) is 15.5 Å². The molecule has 8 heteroatoms. The highest BCUT2D eigenvalue weighted by molar-refractivity contribution is 6.18. The van der Waals surface area contributed by atoms with E-state index in [-0.39, 0.29) is 29.5 Å². The first-order chi connectivity index (χ1) is 10.1. The van der Waals surface area contributed by atoms with Crippen molar-refractivity contribution < 1.29 is 19.2 Å². The Bertz CT molecular complexity index is 642. The van der Waals surface area contributed by atoms with Gasteiger partial charge in [0, 0.05) is 18.5 Å². The monoisotopic (exact) mass is 309 g/mol. The third-order valence-corrected chi connectivity index (χ3v) is 2.87. The van der Waals surface area contributed by atoms with Gasteiger partial charge >= 0.3 is 5.97 Å². The summed E-state index contributed by atoms with van der Waals surface area (Å²) in [6, 6.07) is 4.99. The first-order valence-corrected chi connectivity index (χ1v) is 6.67. The summed E-state index contributed by atoms with van der Waals surface area (Å²) in [7, 11) is 0. The second-order valence-corrected chi connectivity index (χ2v) is 4.47. The summed E-state index contributed by atoms with van der Waals surface area (Å²) >= 11 is 5.50. The van der Waals surface area contributed by atoms with E-state index in [4.69, 9.17) is 16.1 Å². The van der Waals surface area contributed by atoms with Crippen LogP contribution in [0.4, 0.5) is 5.88 Å². The van der Waals surface area contributed by atoms with E-state index in [0.717, 1.165) is 0 Å². The fourth-order valence-electron chi connectivity index (χ4n) is 1.67. The molecule has 0 spiro atoms. The molecule has 0 aromatic carbocycles. The maximum atomic E-state index is 11.6. The molecule has 21 heavy (non-hydrogen) atoms. The second-order valence-electron chi connectivity index (χ2n) is 4.10. The maximum absolute atomic E-state index is 11.6. The third-order valence-electron chi connectivity index (χ3n) is 2.60. The number of carbonyl (C=O) groups excluding carboxylic acids is 1. The predicted octanol–water partition coefficient (Wildman–Crippen LogP) is 2.39. The Balaban J connectivity index is 2.30. The largest absolute Gasteiger partial charge is 0.477 e. The molecule has 2 N–H and O–H groups in total. The quantitative estimate of drug-likeness (QED) is 0.794. The number of anilines is 1. The highest BCUT2D eigenvalue weighted by Gasteiger charge is 2.25. The third kappa shape index (κ3) is 3.57. The van der Waals surface area contributed by atoms with Crippen molar-refractivity contribution in [3.8, 4) is 11.4 Å². The molecule has 0 saturated carbocycles. The number of carboxylic acid groups (broad SMARTS) is 1. The van der Waals surface area contributed by atoms with Gasteiger partial charge in [0.1, 0.15) is 5.69 Å². The zero-order valence-electron chi connectivity index (χ0n) is 10.9. The number of rotatable bonds is 6. The molecule has 0 aliphatic carbocycles. The van der Waals surface area contributed by atoms with Crippen LogP contribution in [0, 0.1) is 0 Å². The lowest BCUT2D eigenvalue weighted by molar-refractivity contribution is -0.116. The summed E-state index contributed by atoms with van der Waals surface area (Å²) in [5.74, 6) is -1.51. The van der Waals surface area contributed by atoms with Crippen molar-refractivity contribution in [2.45, 2.75) is 12.8 Å². The van der Waals surface area contributed by atoms with E-state index in [1.807, 2.05) is 0 Å². The average molecular weight is 310 g/mol. The van der Waals surface area contributed by atoms with Gasteiger partial charge in [0.15, 0.2) is 5.56 Å². The van der Waals surface area contributed by atoms with E-state index in [1.165, 1.54) is 6.20 Å². The molecule has 0 saturated heterocycles. The number of aromatic nitrogens is 2.